The number of hydrogen-bond donors (Lipinski definition) is 1. The minimum Gasteiger partial charge on any atom is -0.482 e. The lowest BCUT2D eigenvalue weighted by Gasteiger charge is -2.28. The first-order chi connectivity index (χ1) is 15.4. The third kappa shape index (κ3) is 5.12. The molecule has 0 fully saturated rings. The molecular weight excluding hydrogens is 448 g/mol. The molecule has 0 spiro atoms. The lowest BCUT2D eigenvalue weighted by Crippen LogP contribution is -2.35. The van der Waals surface area contributed by atoms with Crippen molar-refractivity contribution in [3.8, 4) is 5.75 Å². The quantitative estimate of drug-likeness (QED) is 0.570. The zero-order chi connectivity index (χ0) is 22.6. The first-order valence-electron chi connectivity index (χ1n) is 10.2. The molecule has 0 aromatic heterocycles. The Morgan fingerprint density at radius 1 is 1.00 bits per heavy atom. The Bertz CT molecular complexity index is 1220. The second kappa shape index (κ2) is 9.73. The molecule has 32 heavy (non-hydrogen) atoms. The van der Waals surface area contributed by atoms with Crippen LogP contribution >= 0.6 is 11.6 Å². The standard InChI is InChI=1S/C24H23ClN2O4S/c25-22-14-21(32(29,30)27-13-12-19-8-4-5-9-20(19)16-27)10-11-23(22)31-17-24(28)26-15-18-6-2-1-3-7-18/h1-11,14H,12-13,15-17H2,(H,26,28). The van der Waals surface area contributed by atoms with Gasteiger partial charge in [0.25, 0.3) is 5.91 Å². The van der Waals surface area contributed by atoms with Gasteiger partial charge in [-0.1, -0.05) is 66.2 Å². The maximum absolute atomic E-state index is 13.1. The van der Waals surface area contributed by atoms with Crippen molar-refractivity contribution in [1.82, 2.24) is 9.62 Å². The molecule has 1 heterocycles. The van der Waals surface area contributed by atoms with E-state index >= 15 is 0 Å². The fourth-order valence-corrected chi connectivity index (χ4v) is 5.32. The number of fused-ring (bicyclic) bond motifs is 1. The molecule has 0 radical (unpaired) electrons. The second-order valence-corrected chi connectivity index (χ2v) is 9.85. The van der Waals surface area contributed by atoms with Crippen LogP contribution in [-0.2, 0) is 34.3 Å². The summed E-state index contributed by atoms with van der Waals surface area (Å²) in [7, 11) is -3.70. The number of carbonyl (C=O) groups is 1. The minimum atomic E-state index is -3.70. The molecule has 1 aliphatic rings. The summed E-state index contributed by atoms with van der Waals surface area (Å²) in [5.74, 6) is -0.0435. The van der Waals surface area contributed by atoms with Crippen LogP contribution in [0.1, 0.15) is 16.7 Å². The molecule has 1 N–H and O–H groups in total. The average Bonchev–Trinajstić information content (AvgIpc) is 2.82. The molecule has 8 heteroatoms. The molecule has 0 saturated carbocycles. The van der Waals surface area contributed by atoms with E-state index in [1.165, 1.54) is 28.1 Å². The van der Waals surface area contributed by atoms with E-state index in [2.05, 4.69) is 5.32 Å². The zero-order valence-corrected chi connectivity index (χ0v) is 18.9. The number of benzene rings is 3. The predicted molar refractivity (Wildman–Crippen MR) is 123 cm³/mol. The molecule has 1 aliphatic heterocycles. The SMILES string of the molecule is O=C(COc1ccc(S(=O)(=O)N2CCc3ccccc3C2)cc1Cl)NCc1ccccc1. The van der Waals surface area contributed by atoms with Crippen LogP contribution in [0.3, 0.4) is 0 Å². The van der Waals surface area contributed by atoms with E-state index in [1.54, 1.807) is 0 Å². The summed E-state index contributed by atoms with van der Waals surface area (Å²) in [5.41, 5.74) is 3.16. The summed E-state index contributed by atoms with van der Waals surface area (Å²) in [6.45, 7) is 0.918. The fraction of sp³-hybridized carbons (Fsp3) is 0.208. The minimum absolute atomic E-state index is 0.0998. The van der Waals surface area contributed by atoms with Crippen LogP contribution in [-0.4, -0.2) is 31.8 Å². The van der Waals surface area contributed by atoms with Crippen molar-refractivity contribution in [2.45, 2.75) is 24.4 Å². The molecule has 3 aromatic rings. The molecule has 1 amide bonds. The van der Waals surface area contributed by atoms with Gasteiger partial charge in [-0.2, -0.15) is 4.31 Å². The Labute approximate surface area is 192 Å². The number of nitrogens with one attached hydrogen (secondary N) is 1. The van der Waals surface area contributed by atoms with Crippen molar-refractivity contribution in [3.63, 3.8) is 0 Å². The van der Waals surface area contributed by atoms with Gasteiger partial charge in [-0.05, 0) is 41.3 Å². The van der Waals surface area contributed by atoms with Crippen LogP contribution in [0.15, 0.2) is 77.7 Å². The van der Waals surface area contributed by atoms with E-state index in [-0.39, 0.29) is 28.2 Å². The van der Waals surface area contributed by atoms with Crippen molar-refractivity contribution in [3.05, 3.63) is 94.5 Å². The van der Waals surface area contributed by atoms with Crippen molar-refractivity contribution < 1.29 is 17.9 Å². The number of ether oxygens (including phenoxy) is 1. The van der Waals surface area contributed by atoms with Gasteiger partial charge in [-0.25, -0.2) is 8.42 Å². The van der Waals surface area contributed by atoms with E-state index in [9.17, 15) is 13.2 Å². The number of hydrogen-bond acceptors (Lipinski definition) is 4. The van der Waals surface area contributed by atoms with E-state index in [0.717, 1.165) is 11.1 Å². The molecule has 0 bridgehead atoms. The highest BCUT2D eigenvalue weighted by Crippen LogP contribution is 2.30. The molecular formula is C24H23ClN2O4S. The number of rotatable bonds is 7. The normalized spacial score (nSPS) is 13.9. The molecule has 4 rings (SSSR count). The van der Waals surface area contributed by atoms with Gasteiger partial charge in [0, 0.05) is 19.6 Å². The van der Waals surface area contributed by atoms with Crippen molar-refractivity contribution in [1.29, 1.82) is 0 Å². The van der Waals surface area contributed by atoms with Crippen LogP contribution in [0.5, 0.6) is 5.75 Å². The number of sulfonamides is 1. The molecule has 0 atom stereocenters. The Balaban J connectivity index is 1.38. The summed E-state index contributed by atoms with van der Waals surface area (Å²) in [4.78, 5) is 12.2. The smallest absolute Gasteiger partial charge is 0.258 e. The molecule has 0 saturated heterocycles. The highest BCUT2D eigenvalue weighted by Gasteiger charge is 2.28. The number of amides is 1. The Kier molecular flexibility index (Phi) is 6.79. The van der Waals surface area contributed by atoms with Gasteiger partial charge in [0.05, 0.1) is 9.92 Å². The third-order valence-corrected chi connectivity index (χ3v) is 7.46. The van der Waals surface area contributed by atoms with Gasteiger partial charge in [0.2, 0.25) is 10.0 Å². The summed E-state index contributed by atoms with van der Waals surface area (Å²) in [6.07, 6.45) is 0.669. The first kappa shape index (κ1) is 22.3. The third-order valence-electron chi connectivity index (χ3n) is 5.33. The summed E-state index contributed by atoms with van der Waals surface area (Å²) >= 11 is 6.27. The summed E-state index contributed by atoms with van der Waals surface area (Å²) in [6, 6.07) is 21.7. The second-order valence-electron chi connectivity index (χ2n) is 7.50. The first-order valence-corrected chi connectivity index (χ1v) is 12.1. The molecule has 3 aromatic carbocycles. The van der Waals surface area contributed by atoms with Crippen molar-refractivity contribution in [2.75, 3.05) is 13.2 Å². The number of nitrogens with zero attached hydrogens (tertiary/aromatic N) is 1. The van der Waals surface area contributed by atoms with E-state index in [4.69, 9.17) is 16.3 Å². The Morgan fingerprint density at radius 2 is 1.72 bits per heavy atom. The van der Waals surface area contributed by atoms with E-state index < -0.39 is 10.0 Å². The Morgan fingerprint density at radius 3 is 2.47 bits per heavy atom. The van der Waals surface area contributed by atoms with Gasteiger partial charge in [0.15, 0.2) is 6.61 Å². The van der Waals surface area contributed by atoms with Crippen molar-refractivity contribution in [2.24, 2.45) is 0 Å². The van der Waals surface area contributed by atoms with E-state index in [0.29, 0.717) is 26.1 Å². The highest BCUT2D eigenvalue weighted by atomic mass is 35.5. The van der Waals surface area contributed by atoms with Crippen LogP contribution in [0.4, 0.5) is 0 Å². The van der Waals surface area contributed by atoms with E-state index in [1.807, 2.05) is 54.6 Å². The number of halogens is 1. The topological polar surface area (TPSA) is 75.7 Å². The van der Waals surface area contributed by atoms with Crippen molar-refractivity contribution >= 4 is 27.5 Å². The fourth-order valence-electron chi connectivity index (χ4n) is 3.57. The number of carbonyl (C=O) groups excluding carboxylic acids is 1. The van der Waals surface area contributed by atoms with Crippen LogP contribution in [0.25, 0.3) is 0 Å². The van der Waals surface area contributed by atoms with Gasteiger partial charge in [0.1, 0.15) is 5.75 Å². The monoisotopic (exact) mass is 470 g/mol. The average molecular weight is 471 g/mol. The molecule has 0 aliphatic carbocycles. The maximum atomic E-state index is 13.1. The largest absolute Gasteiger partial charge is 0.482 e. The molecule has 166 valence electrons. The van der Waals surface area contributed by atoms with Crippen LogP contribution < -0.4 is 10.1 Å². The van der Waals surface area contributed by atoms with Gasteiger partial charge in [-0.15, -0.1) is 0 Å². The van der Waals surface area contributed by atoms with Crippen LogP contribution in [0.2, 0.25) is 5.02 Å². The zero-order valence-electron chi connectivity index (χ0n) is 17.3. The van der Waals surface area contributed by atoms with Gasteiger partial charge in [-0.3, -0.25) is 4.79 Å². The van der Waals surface area contributed by atoms with Crippen LogP contribution in [0, 0.1) is 0 Å². The lowest BCUT2D eigenvalue weighted by molar-refractivity contribution is -0.123. The molecule has 0 unspecified atom stereocenters. The Hall–Kier alpha value is -2.87. The lowest BCUT2D eigenvalue weighted by atomic mass is 10.0. The van der Waals surface area contributed by atoms with Gasteiger partial charge >= 0.3 is 0 Å². The summed E-state index contributed by atoms with van der Waals surface area (Å²) < 4.78 is 33.2. The predicted octanol–water partition coefficient (Wildman–Crippen LogP) is 3.78. The molecule has 6 nitrogen and oxygen atoms in total. The maximum Gasteiger partial charge on any atom is 0.258 e. The van der Waals surface area contributed by atoms with Gasteiger partial charge < -0.3 is 10.1 Å². The highest BCUT2D eigenvalue weighted by molar-refractivity contribution is 7.89. The summed E-state index contributed by atoms with van der Waals surface area (Å²) in [5, 5.41) is 2.90.